The molecule has 0 saturated carbocycles. The van der Waals surface area contributed by atoms with Gasteiger partial charge < -0.3 is 9.84 Å². The summed E-state index contributed by atoms with van der Waals surface area (Å²) in [6, 6.07) is 2.12. The third-order valence-corrected chi connectivity index (χ3v) is 2.36. The molecule has 2 aromatic heterocycles. The molecule has 0 aliphatic carbocycles. The quantitative estimate of drug-likeness (QED) is 0.861. The Morgan fingerprint density at radius 3 is 2.76 bits per heavy atom. The summed E-state index contributed by atoms with van der Waals surface area (Å²) in [5.74, 6) is 0.358. The first-order chi connectivity index (χ1) is 8.10. The SMILES string of the molecule is Cc1cc(C)c(CO)c(Oc2ncn(C)n2)n1. The second kappa shape index (κ2) is 4.50. The molecule has 0 unspecified atom stereocenters. The standard InChI is InChI=1S/C11H14N4O2/c1-7-4-8(2)13-10(9(7)5-16)17-11-12-6-15(3)14-11/h4,6,16H,5H2,1-3H3. The zero-order valence-electron chi connectivity index (χ0n) is 10.0. The van der Waals surface area contributed by atoms with Gasteiger partial charge in [0.05, 0.1) is 6.61 Å². The number of aliphatic hydroxyl groups excluding tert-OH is 1. The van der Waals surface area contributed by atoms with Crippen LogP contribution in [0.1, 0.15) is 16.8 Å². The Balaban J connectivity index is 2.37. The van der Waals surface area contributed by atoms with Gasteiger partial charge in [0.2, 0.25) is 5.88 Å². The van der Waals surface area contributed by atoms with Crippen LogP contribution in [0.15, 0.2) is 12.4 Å². The molecule has 0 aliphatic rings. The normalized spacial score (nSPS) is 10.6. The lowest BCUT2D eigenvalue weighted by atomic mass is 10.1. The van der Waals surface area contributed by atoms with Crippen molar-refractivity contribution in [3.8, 4) is 11.9 Å². The lowest BCUT2D eigenvalue weighted by molar-refractivity contribution is 0.272. The van der Waals surface area contributed by atoms with Gasteiger partial charge in [0.15, 0.2) is 0 Å². The fraction of sp³-hybridized carbons (Fsp3) is 0.364. The summed E-state index contributed by atoms with van der Waals surface area (Å²) in [4.78, 5) is 8.19. The minimum Gasteiger partial charge on any atom is -0.404 e. The van der Waals surface area contributed by atoms with E-state index in [1.807, 2.05) is 19.9 Å². The van der Waals surface area contributed by atoms with E-state index in [4.69, 9.17) is 4.74 Å². The number of hydrogen-bond donors (Lipinski definition) is 1. The van der Waals surface area contributed by atoms with Gasteiger partial charge in [-0.3, -0.25) is 4.68 Å². The van der Waals surface area contributed by atoms with Crippen LogP contribution in [0, 0.1) is 13.8 Å². The second-order valence-electron chi connectivity index (χ2n) is 3.83. The van der Waals surface area contributed by atoms with Crippen molar-refractivity contribution < 1.29 is 9.84 Å². The van der Waals surface area contributed by atoms with Crippen molar-refractivity contribution in [3.05, 3.63) is 29.2 Å². The molecule has 2 heterocycles. The van der Waals surface area contributed by atoms with Crippen LogP contribution in [0.4, 0.5) is 0 Å². The highest BCUT2D eigenvalue weighted by atomic mass is 16.5. The van der Waals surface area contributed by atoms with Gasteiger partial charge in [-0.15, -0.1) is 5.10 Å². The smallest absolute Gasteiger partial charge is 0.342 e. The van der Waals surface area contributed by atoms with Crippen molar-refractivity contribution in [1.29, 1.82) is 0 Å². The van der Waals surface area contributed by atoms with Gasteiger partial charge in [0.1, 0.15) is 6.33 Å². The predicted octanol–water partition coefficient (Wildman–Crippen LogP) is 1.11. The van der Waals surface area contributed by atoms with E-state index in [-0.39, 0.29) is 12.6 Å². The highest BCUT2D eigenvalue weighted by Gasteiger charge is 2.12. The summed E-state index contributed by atoms with van der Waals surface area (Å²) in [5.41, 5.74) is 2.42. The van der Waals surface area contributed by atoms with Crippen LogP contribution in [-0.4, -0.2) is 24.9 Å². The van der Waals surface area contributed by atoms with Crippen LogP contribution < -0.4 is 4.74 Å². The molecule has 6 heteroatoms. The molecule has 17 heavy (non-hydrogen) atoms. The first-order valence-corrected chi connectivity index (χ1v) is 5.21. The summed E-state index contributed by atoms with van der Waals surface area (Å²) in [7, 11) is 1.75. The van der Waals surface area contributed by atoms with Crippen molar-refractivity contribution in [1.82, 2.24) is 19.7 Å². The van der Waals surface area contributed by atoms with Gasteiger partial charge in [-0.2, -0.15) is 4.98 Å². The van der Waals surface area contributed by atoms with Gasteiger partial charge in [0.25, 0.3) is 0 Å². The molecular weight excluding hydrogens is 220 g/mol. The molecule has 2 rings (SSSR count). The molecule has 2 aromatic rings. The monoisotopic (exact) mass is 234 g/mol. The number of rotatable bonds is 3. The molecule has 0 aromatic carbocycles. The molecule has 1 N–H and O–H groups in total. The molecule has 0 spiro atoms. The lowest BCUT2D eigenvalue weighted by Gasteiger charge is -2.09. The fourth-order valence-corrected chi connectivity index (χ4v) is 1.56. The van der Waals surface area contributed by atoms with Crippen LogP contribution >= 0.6 is 0 Å². The molecular formula is C11H14N4O2. The summed E-state index contributed by atoms with van der Waals surface area (Å²) < 4.78 is 7.01. The van der Waals surface area contributed by atoms with Crippen LogP contribution in [0.3, 0.4) is 0 Å². The van der Waals surface area contributed by atoms with Crippen LogP contribution in [0.25, 0.3) is 0 Å². The van der Waals surface area contributed by atoms with Gasteiger partial charge in [-0.05, 0) is 25.5 Å². The molecule has 90 valence electrons. The van der Waals surface area contributed by atoms with Crippen molar-refractivity contribution >= 4 is 0 Å². The third-order valence-electron chi connectivity index (χ3n) is 2.36. The molecule has 0 radical (unpaired) electrons. The number of aryl methyl sites for hydroxylation is 3. The van der Waals surface area contributed by atoms with Crippen molar-refractivity contribution in [2.75, 3.05) is 0 Å². The Kier molecular flexibility index (Phi) is 3.06. The number of nitrogens with zero attached hydrogens (tertiary/aromatic N) is 4. The van der Waals surface area contributed by atoms with E-state index in [2.05, 4.69) is 15.1 Å². The minimum atomic E-state index is -0.124. The maximum Gasteiger partial charge on any atom is 0.342 e. The maximum atomic E-state index is 9.31. The van der Waals surface area contributed by atoms with Crippen molar-refractivity contribution in [2.24, 2.45) is 7.05 Å². The van der Waals surface area contributed by atoms with E-state index < -0.39 is 0 Å². The average Bonchev–Trinajstić information content (AvgIpc) is 2.63. The Bertz CT molecular complexity index is 536. The van der Waals surface area contributed by atoms with Crippen molar-refractivity contribution in [3.63, 3.8) is 0 Å². The first kappa shape index (κ1) is 11.5. The van der Waals surface area contributed by atoms with Gasteiger partial charge >= 0.3 is 6.01 Å². The molecule has 6 nitrogen and oxygen atoms in total. The highest BCUT2D eigenvalue weighted by molar-refractivity contribution is 5.36. The Morgan fingerprint density at radius 1 is 1.41 bits per heavy atom. The summed E-state index contributed by atoms with van der Waals surface area (Å²) in [5, 5.41) is 13.3. The van der Waals surface area contributed by atoms with E-state index in [9.17, 15) is 5.11 Å². The van der Waals surface area contributed by atoms with E-state index in [0.717, 1.165) is 11.3 Å². The number of ether oxygens (including phenoxy) is 1. The van der Waals surface area contributed by atoms with Crippen LogP contribution in [0.2, 0.25) is 0 Å². The van der Waals surface area contributed by atoms with Crippen LogP contribution in [0.5, 0.6) is 11.9 Å². The number of aliphatic hydroxyl groups is 1. The molecule has 0 saturated heterocycles. The van der Waals surface area contributed by atoms with Gasteiger partial charge in [-0.1, -0.05) is 0 Å². The first-order valence-electron chi connectivity index (χ1n) is 5.21. The lowest BCUT2D eigenvalue weighted by Crippen LogP contribution is -2.00. The summed E-state index contributed by atoms with van der Waals surface area (Å²) in [6.45, 7) is 3.65. The van der Waals surface area contributed by atoms with E-state index >= 15 is 0 Å². The molecule has 0 atom stereocenters. The Morgan fingerprint density at radius 2 is 2.18 bits per heavy atom. The number of hydrogen-bond acceptors (Lipinski definition) is 5. The zero-order chi connectivity index (χ0) is 12.4. The zero-order valence-corrected chi connectivity index (χ0v) is 10.0. The highest BCUT2D eigenvalue weighted by Crippen LogP contribution is 2.24. The Labute approximate surface area is 98.9 Å². The molecule has 0 bridgehead atoms. The predicted molar refractivity (Wildman–Crippen MR) is 60.7 cm³/mol. The number of aromatic nitrogens is 4. The van der Waals surface area contributed by atoms with Gasteiger partial charge in [-0.25, -0.2) is 4.98 Å². The fourth-order valence-electron chi connectivity index (χ4n) is 1.56. The topological polar surface area (TPSA) is 73.1 Å². The number of pyridine rings is 1. The molecule has 0 amide bonds. The van der Waals surface area contributed by atoms with Crippen LogP contribution in [-0.2, 0) is 13.7 Å². The molecule has 0 fully saturated rings. The maximum absolute atomic E-state index is 9.31. The largest absolute Gasteiger partial charge is 0.404 e. The van der Waals surface area contributed by atoms with Crippen molar-refractivity contribution in [2.45, 2.75) is 20.5 Å². The summed E-state index contributed by atoms with van der Waals surface area (Å²) >= 11 is 0. The molecule has 0 aliphatic heterocycles. The third kappa shape index (κ3) is 2.42. The average molecular weight is 234 g/mol. The summed E-state index contributed by atoms with van der Waals surface area (Å²) in [6.07, 6.45) is 1.54. The van der Waals surface area contributed by atoms with Gasteiger partial charge in [0, 0.05) is 18.3 Å². The second-order valence-corrected chi connectivity index (χ2v) is 3.83. The van der Waals surface area contributed by atoms with E-state index in [1.165, 1.54) is 11.0 Å². The Hall–Kier alpha value is -1.95. The minimum absolute atomic E-state index is 0.124. The van der Waals surface area contributed by atoms with E-state index in [0.29, 0.717) is 11.4 Å². The van der Waals surface area contributed by atoms with E-state index in [1.54, 1.807) is 7.05 Å².